The quantitative estimate of drug-likeness (QED) is 0.799. The van der Waals surface area contributed by atoms with Gasteiger partial charge in [0.15, 0.2) is 0 Å². The third-order valence-corrected chi connectivity index (χ3v) is 5.23. The molecule has 2 rings (SSSR count). The number of nitrogens with zero attached hydrogens (tertiary/aromatic N) is 1. The summed E-state index contributed by atoms with van der Waals surface area (Å²) in [4.78, 5) is 13.0. The molecule has 1 unspecified atom stereocenters. The van der Waals surface area contributed by atoms with Crippen molar-refractivity contribution in [1.29, 1.82) is 0 Å². The summed E-state index contributed by atoms with van der Waals surface area (Å²) in [6.07, 6.45) is 6.04. The Morgan fingerprint density at radius 1 is 1.37 bits per heavy atom. The van der Waals surface area contributed by atoms with E-state index in [4.69, 9.17) is 10.8 Å². The van der Waals surface area contributed by atoms with Crippen molar-refractivity contribution in [2.45, 2.75) is 52.0 Å². The lowest BCUT2D eigenvalue weighted by atomic mass is 9.64. The van der Waals surface area contributed by atoms with Gasteiger partial charge in [-0.15, -0.1) is 0 Å². The van der Waals surface area contributed by atoms with Crippen molar-refractivity contribution in [3.8, 4) is 0 Å². The van der Waals surface area contributed by atoms with Gasteiger partial charge in [-0.2, -0.15) is 0 Å². The van der Waals surface area contributed by atoms with Gasteiger partial charge in [0.2, 0.25) is 0 Å². The van der Waals surface area contributed by atoms with E-state index in [1.807, 2.05) is 0 Å². The zero-order chi connectivity index (χ0) is 14.0. The summed E-state index contributed by atoms with van der Waals surface area (Å²) in [6.45, 7) is 7.82. The lowest BCUT2D eigenvalue weighted by Crippen LogP contribution is -2.58. The predicted octanol–water partition coefficient (Wildman–Crippen LogP) is 1.94. The minimum absolute atomic E-state index is 0.554. The molecule has 0 amide bonds. The molecule has 1 spiro atoms. The second kappa shape index (κ2) is 5.80. The molecule has 19 heavy (non-hydrogen) atoms. The molecule has 1 saturated heterocycles. The molecule has 1 aliphatic heterocycles. The first-order valence-corrected chi connectivity index (χ1v) is 7.63. The first-order chi connectivity index (χ1) is 8.92. The summed E-state index contributed by atoms with van der Waals surface area (Å²) < 4.78 is 0. The number of aliphatic carboxylic acids is 1. The molecule has 110 valence electrons. The van der Waals surface area contributed by atoms with Crippen LogP contribution in [0.3, 0.4) is 0 Å². The minimum atomic E-state index is -0.882. The maximum absolute atomic E-state index is 10.7. The molecule has 2 aliphatic rings. The van der Waals surface area contributed by atoms with E-state index in [1.54, 1.807) is 0 Å². The Morgan fingerprint density at radius 3 is 2.42 bits per heavy atom. The second-order valence-corrected chi connectivity index (χ2v) is 7.03. The van der Waals surface area contributed by atoms with Crippen LogP contribution in [0.5, 0.6) is 0 Å². The topological polar surface area (TPSA) is 66.6 Å². The van der Waals surface area contributed by atoms with Gasteiger partial charge >= 0.3 is 5.97 Å². The third kappa shape index (κ3) is 3.48. The number of nitrogens with two attached hydrogens (primary N) is 1. The normalized spacial score (nSPS) is 25.5. The molecule has 4 heteroatoms. The Balaban J connectivity index is 1.67. The number of carboxylic acids is 1. The summed E-state index contributed by atoms with van der Waals surface area (Å²) in [5.74, 6) is 0.856. The van der Waals surface area contributed by atoms with Gasteiger partial charge in [-0.1, -0.05) is 13.8 Å². The van der Waals surface area contributed by atoms with E-state index in [0.29, 0.717) is 11.8 Å². The van der Waals surface area contributed by atoms with E-state index in [-0.39, 0.29) is 0 Å². The maximum Gasteiger partial charge on any atom is 0.320 e. The summed E-state index contributed by atoms with van der Waals surface area (Å²) in [5, 5.41) is 8.77. The van der Waals surface area contributed by atoms with Gasteiger partial charge < -0.3 is 15.7 Å². The molecule has 2 fully saturated rings. The molecule has 0 bridgehead atoms. The van der Waals surface area contributed by atoms with Crippen LogP contribution >= 0.6 is 0 Å². The Morgan fingerprint density at radius 2 is 1.95 bits per heavy atom. The molecule has 0 aromatic rings. The monoisotopic (exact) mass is 268 g/mol. The fourth-order valence-electron chi connectivity index (χ4n) is 3.74. The zero-order valence-corrected chi connectivity index (χ0v) is 12.3. The smallest absolute Gasteiger partial charge is 0.320 e. The van der Waals surface area contributed by atoms with Crippen LogP contribution in [0.1, 0.15) is 46.0 Å². The SMILES string of the molecule is CC(C)C1CCC2(CC1)CN(CCC(N)C(=O)O)C2. The number of likely N-dealkylation sites (tertiary alicyclic amines) is 1. The largest absolute Gasteiger partial charge is 0.480 e. The van der Waals surface area contributed by atoms with Crippen molar-refractivity contribution in [2.75, 3.05) is 19.6 Å². The van der Waals surface area contributed by atoms with E-state index < -0.39 is 12.0 Å². The zero-order valence-electron chi connectivity index (χ0n) is 12.3. The van der Waals surface area contributed by atoms with E-state index in [9.17, 15) is 4.79 Å². The van der Waals surface area contributed by atoms with Crippen LogP contribution < -0.4 is 5.73 Å². The van der Waals surface area contributed by atoms with E-state index >= 15 is 0 Å². The molecule has 0 radical (unpaired) electrons. The summed E-state index contributed by atoms with van der Waals surface area (Å²) >= 11 is 0. The predicted molar refractivity (Wildman–Crippen MR) is 75.9 cm³/mol. The van der Waals surface area contributed by atoms with Crippen molar-refractivity contribution in [3.05, 3.63) is 0 Å². The first kappa shape index (κ1) is 14.8. The molecule has 1 saturated carbocycles. The van der Waals surface area contributed by atoms with Gasteiger partial charge in [0, 0.05) is 19.6 Å². The van der Waals surface area contributed by atoms with Crippen LogP contribution in [0, 0.1) is 17.3 Å². The van der Waals surface area contributed by atoms with Crippen molar-refractivity contribution < 1.29 is 9.90 Å². The van der Waals surface area contributed by atoms with Gasteiger partial charge in [-0.25, -0.2) is 0 Å². The second-order valence-electron chi connectivity index (χ2n) is 7.03. The highest BCUT2D eigenvalue weighted by Crippen LogP contribution is 2.47. The van der Waals surface area contributed by atoms with Crippen molar-refractivity contribution in [1.82, 2.24) is 4.90 Å². The highest BCUT2D eigenvalue weighted by atomic mass is 16.4. The van der Waals surface area contributed by atoms with Gasteiger partial charge in [0.25, 0.3) is 0 Å². The summed E-state index contributed by atoms with van der Waals surface area (Å²) in [6, 6.07) is -0.701. The first-order valence-electron chi connectivity index (χ1n) is 7.63. The fourth-order valence-corrected chi connectivity index (χ4v) is 3.74. The van der Waals surface area contributed by atoms with Gasteiger partial charge in [-0.05, 0) is 49.4 Å². The molecule has 4 nitrogen and oxygen atoms in total. The van der Waals surface area contributed by atoms with E-state index in [0.717, 1.165) is 31.5 Å². The highest BCUT2D eigenvalue weighted by Gasteiger charge is 2.44. The molecule has 0 aromatic heterocycles. The number of hydrogen-bond donors (Lipinski definition) is 2. The van der Waals surface area contributed by atoms with Crippen LogP contribution in [-0.2, 0) is 4.79 Å². The lowest BCUT2D eigenvalue weighted by Gasteiger charge is -2.54. The molecule has 3 N–H and O–H groups in total. The van der Waals surface area contributed by atoms with Gasteiger partial charge in [0.1, 0.15) is 6.04 Å². The van der Waals surface area contributed by atoms with E-state index in [2.05, 4.69) is 18.7 Å². The van der Waals surface area contributed by atoms with Crippen LogP contribution in [0.4, 0.5) is 0 Å². The summed E-state index contributed by atoms with van der Waals surface area (Å²) in [5.41, 5.74) is 6.09. The molecular weight excluding hydrogens is 240 g/mol. The van der Waals surface area contributed by atoms with Crippen LogP contribution in [-0.4, -0.2) is 41.7 Å². The van der Waals surface area contributed by atoms with Crippen LogP contribution in [0.25, 0.3) is 0 Å². The lowest BCUT2D eigenvalue weighted by molar-refractivity contribution is -0.139. The Bertz CT molecular complexity index is 314. The number of rotatable bonds is 5. The third-order valence-electron chi connectivity index (χ3n) is 5.23. The van der Waals surface area contributed by atoms with Gasteiger partial charge in [0.05, 0.1) is 0 Å². The fraction of sp³-hybridized carbons (Fsp3) is 0.933. The summed E-state index contributed by atoms with van der Waals surface area (Å²) in [7, 11) is 0. The molecule has 1 atom stereocenters. The molecule has 0 aromatic carbocycles. The van der Waals surface area contributed by atoms with Crippen LogP contribution in [0.2, 0.25) is 0 Å². The average molecular weight is 268 g/mol. The van der Waals surface area contributed by atoms with Gasteiger partial charge in [-0.3, -0.25) is 4.79 Å². The number of hydrogen-bond acceptors (Lipinski definition) is 3. The van der Waals surface area contributed by atoms with Crippen molar-refractivity contribution >= 4 is 5.97 Å². The minimum Gasteiger partial charge on any atom is -0.480 e. The standard InChI is InChI=1S/C15H28N2O2/c1-11(2)12-3-6-15(7-4-12)9-17(10-15)8-5-13(16)14(18)19/h11-13H,3-10,16H2,1-2H3,(H,18,19). The Labute approximate surface area is 116 Å². The van der Waals surface area contributed by atoms with E-state index in [1.165, 1.54) is 25.7 Å². The Hall–Kier alpha value is -0.610. The molecule has 1 heterocycles. The highest BCUT2D eigenvalue weighted by molar-refractivity contribution is 5.72. The molecule has 1 aliphatic carbocycles. The molecular formula is C15H28N2O2. The van der Waals surface area contributed by atoms with Crippen LogP contribution in [0.15, 0.2) is 0 Å². The maximum atomic E-state index is 10.7. The number of carboxylic acid groups (broad SMARTS) is 1. The average Bonchev–Trinajstić information content (AvgIpc) is 2.33. The number of carbonyl (C=O) groups is 1. The van der Waals surface area contributed by atoms with Crippen molar-refractivity contribution in [3.63, 3.8) is 0 Å². The van der Waals surface area contributed by atoms with Crippen molar-refractivity contribution in [2.24, 2.45) is 23.0 Å². The Kier molecular flexibility index (Phi) is 4.51.